The molecule has 2 N–H and O–H groups in total. The Kier molecular flexibility index (Phi) is 11.4. The molecule has 59 heavy (non-hydrogen) atoms. The second-order valence-corrected chi connectivity index (χ2v) is 15.4. The Morgan fingerprint density at radius 1 is 0.492 bits per heavy atom. The van der Waals surface area contributed by atoms with Crippen LogP contribution in [0.25, 0.3) is 44.8 Å². The number of nitrogens with two attached hydrogens (primary N) is 1. The van der Waals surface area contributed by atoms with Crippen LogP contribution in [0.2, 0.25) is 0 Å². The highest BCUT2D eigenvalue weighted by molar-refractivity contribution is 5.82. The van der Waals surface area contributed by atoms with Crippen LogP contribution in [-0.4, -0.2) is 0 Å². The van der Waals surface area contributed by atoms with E-state index in [1.165, 1.54) is 61.3 Å². The minimum absolute atomic E-state index is 0.0743. The number of benzene rings is 8. The predicted octanol–water partition coefficient (Wildman–Crippen LogP) is 14.8. The number of nitrogens with zero attached hydrogens (tertiary/aromatic N) is 2. The first kappa shape index (κ1) is 37.8. The van der Waals surface area contributed by atoms with Crippen molar-refractivity contribution < 1.29 is 0 Å². The Bertz CT molecular complexity index is 2620. The van der Waals surface area contributed by atoms with Crippen LogP contribution in [0.3, 0.4) is 0 Å². The van der Waals surface area contributed by atoms with E-state index in [2.05, 4.69) is 217 Å². The summed E-state index contributed by atoms with van der Waals surface area (Å²) < 4.78 is 0. The van der Waals surface area contributed by atoms with Crippen molar-refractivity contribution in [2.75, 3.05) is 4.90 Å². The van der Waals surface area contributed by atoms with Crippen LogP contribution >= 0.6 is 0 Å². The Labute approximate surface area is 349 Å². The average Bonchev–Trinajstić information content (AvgIpc) is 3.32. The smallest absolute Gasteiger partial charge is 0.0499 e. The molecule has 2 atom stereocenters. The van der Waals surface area contributed by atoms with E-state index in [0.29, 0.717) is 13.0 Å². The zero-order valence-electron chi connectivity index (χ0n) is 33.2. The van der Waals surface area contributed by atoms with Gasteiger partial charge in [-0.3, -0.25) is 0 Å². The van der Waals surface area contributed by atoms with Gasteiger partial charge in [0.05, 0.1) is 0 Å². The predicted molar refractivity (Wildman–Crippen MR) is 249 cm³/mol. The number of hydrogen-bond acceptors (Lipinski definition) is 2. The molecule has 288 valence electrons. The third-order valence-electron chi connectivity index (χ3n) is 11.5. The maximum Gasteiger partial charge on any atom is 0.0499 e. The molecule has 0 amide bonds. The van der Waals surface area contributed by atoms with Gasteiger partial charge in [0.25, 0.3) is 0 Å². The number of allylic oxidation sites excluding steroid dienone is 1. The van der Waals surface area contributed by atoms with E-state index in [1.807, 2.05) is 6.07 Å². The highest BCUT2D eigenvalue weighted by Crippen LogP contribution is 2.41. The monoisotopic (exact) mass is 762 g/mol. The molecule has 0 aromatic heterocycles. The first-order valence-electron chi connectivity index (χ1n) is 20.7. The van der Waals surface area contributed by atoms with Gasteiger partial charge in [0.15, 0.2) is 0 Å². The van der Waals surface area contributed by atoms with Crippen LogP contribution < -0.4 is 10.6 Å². The zero-order chi connectivity index (χ0) is 39.8. The lowest BCUT2D eigenvalue weighted by molar-refractivity contribution is 0.584. The number of anilines is 3. The maximum atomic E-state index is 6.99. The van der Waals surface area contributed by atoms with Crippen molar-refractivity contribution in [1.82, 2.24) is 0 Å². The van der Waals surface area contributed by atoms with Crippen molar-refractivity contribution >= 4 is 23.1 Å². The van der Waals surface area contributed by atoms with Crippen LogP contribution in [-0.2, 0) is 13.0 Å². The number of hydrogen-bond donors (Lipinski definition) is 1. The molecule has 8 aromatic rings. The van der Waals surface area contributed by atoms with E-state index in [0.717, 1.165) is 29.8 Å². The summed E-state index contributed by atoms with van der Waals surface area (Å²) in [5.41, 5.74) is 23.8. The molecule has 0 bridgehead atoms. The van der Waals surface area contributed by atoms with Gasteiger partial charge in [0, 0.05) is 23.1 Å². The minimum Gasteiger partial charge on any atom is -0.652 e. The first-order valence-corrected chi connectivity index (χ1v) is 20.7. The normalized spacial score (nSPS) is 13.0. The second kappa shape index (κ2) is 17.8. The van der Waals surface area contributed by atoms with E-state index < -0.39 is 0 Å². The summed E-state index contributed by atoms with van der Waals surface area (Å²) in [4.78, 5) is 2.39. The van der Waals surface area contributed by atoms with Crippen molar-refractivity contribution in [2.45, 2.75) is 37.9 Å². The molecule has 0 fully saturated rings. The van der Waals surface area contributed by atoms with Crippen LogP contribution in [0, 0.1) is 0 Å². The molecule has 0 radical (unpaired) electrons. The third-order valence-corrected chi connectivity index (χ3v) is 11.5. The largest absolute Gasteiger partial charge is 0.652 e. The Morgan fingerprint density at radius 2 is 1.02 bits per heavy atom. The fraction of sp³-hybridized carbons (Fsp3) is 0.107. The number of fused-ring (bicyclic) bond motifs is 1. The highest BCUT2D eigenvalue weighted by atomic mass is 15.1. The lowest BCUT2D eigenvalue weighted by Crippen LogP contribution is -2.15. The van der Waals surface area contributed by atoms with Crippen molar-refractivity contribution in [3.8, 4) is 33.4 Å². The Morgan fingerprint density at radius 3 is 1.68 bits per heavy atom. The lowest BCUT2D eigenvalue weighted by Gasteiger charge is -2.35. The van der Waals surface area contributed by atoms with E-state index in [4.69, 9.17) is 11.1 Å². The zero-order valence-corrected chi connectivity index (χ0v) is 33.2. The lowest BCUT2D eigenvalue weighted by atomic mass is 9.92. The van der Waals surface area contributed by atoms with Gasteiger partial charge in [-0.05, 0) is 99.7 Å². The molecular weight excluding hydrogens is 715 g/mol. The Balaban J connectivity index is 0.952. The van der Waals surface area contributed by atoms with Gasteiger partial charge >= 0.3 is 0 Å². The number of para-hydroxylation sites is 1. The van der Waals surface area contributed by atoms with Crippen LogP contribution in [0.5, 0.6) is 0 Å². The molecule has 0 aliphatic heterocycles. The molecule has 3 heteroatoms. The summed E-state index contributed by atoms with van der Waals surface area (Å²) in [6.45, 7) is 0.589. The molecule has 0 saturated heterocycles. The molecule has 0 spiro atoms. The van der Waals surface area contributed by atoms with Crippen molar-refractivity contribution in [2.24, 2.45) is 5.73 Å². The summed E-state index contributed by atoms with van der Waals surface area (Å²) in [5.74, 6) is 0. The quantitative estimate of drug-likeness (QED) is 0.127. The van der Waals surface area contributed by atoms with Gasteiger partial charge in [-0.1, -0.05) is 199 Å². The summed E-state index contributed by atoms with van der Waals surface area (Å²) in [5, 5.41) is 5.38. The van der Waals surface area contributed by atoms with Gasteiger partial charge in [-0.15, -0.1) is 12.6 Å². The Hall–Kier alpha value is -6.78. The fourth-order valence-corrected chi connectivity index (χ4v) is 8.31. The summed E-state index contributed by atoms with van der Waals surface area (Å²) in [6, 6.07) is 73.5. The first-order chi connectivity index (χ1) is 29.2. The molecular formula is C56H48N3-. The molecule has 9 rings (SSSR count). The second-order valence-electron chi connectivity index (χ2n) is 15.4. The van der Waals surface area contributed by atoms with E-state index >= 15 is 0 Å². The van der Waals surface area contributed by atoms with E-state index in [9.17, 15) is 0 Å². The van der Waals surface area contributed by atoms with Crippen molar-refractivity contribution in [3.63, 3.8) is 0 Å². The van der Waals surface area contributed by atoms with Crippen molar-refractivity contribution in [1.29, 1.82) is 0 Å². The van der Waals surface area contributed by atoms with Crippen LogP contribution in [0.15, 0.2) is 212 Å². The fourth-order valence-electron chi connectivity index (χ4n) is 8.31. The number of rotatable bonds is 13. The minimum atomic E-state index is -0.166. The SMILES string of the molecule is NC(CC([N-]Cc1cccc(-c2ccc(N(c3ccccc3)c3cccc4c3CCC=C4)cc2)c1)c1ccc(-c2ccccc2)cc1)c1ccc(-c2ccccc2)cc1. The average molecular weight is 763 g/mol. The summed E-state index contributed by atoms with van der Waals surface area (Å²) in [6.07, 6.45) is 7.34. The van der Waals surface area contributed by atoms with Gasteiger partial charge in [-0.25, -0.2) is 0 Å². The van der Waals surface area contributed by atoms with Gasteiger partial charge in [0.2, 0.25) is 0 Å². The van der Waals surface area contributed by atoms with Gasteiger partial charge in [-0.2, -0.15) is 0 Å². The van der Waals surface area contributed by atoms with Gasteiger partial charge < -0.3 is 16.0 Å². The third kappa shape index (κ3) is 8.73. The molecule has 0 heterocycles. The topological polar surface area (TPSA) is 43.4 Å². The standard InChI is InChI=1S/C56H48N3/c57-54(48-30-26-44(27-31-48)42-15-4-1-5-16-42)39-55(49-32-28-45(29-33-49)43-17-6-2-7-18-43)58-40-41-14-12-21-50(38-41)46-34-36-52(37-35-46)59(51-22-8-3-9-23-51)56-25-13-20-47-19-10-11-24-53(47)56/h1-10,12-23,25-38,54-55H,11,24,39-40,57H2/q-1. The van der Waals surface area contributed by atoms with Crippen molar-refractivity contribution in [3.05, 3.63) is 245 Å². The molecule has 1 aliphatic rings. The summed E-state index contributed by atoms with van der Waals surface area (Å²) in [7, 11) is 0. The maximum absolute atomic E-state index is 6.99. The highest BCUT2D eigenvalue weighted by Gasteiger charge is 2.19. The van der Waals surface area contributed by atoms with Gasteiger partial charge in [0.1, 0.15) is 0 Å². The molecule has 8 aromatic carbocycles. The van der Waals surface area contributed by atoms with E-state index in [-0.39, 0.29) is 12.1 Å². The molecule has 3 nitrogen and oxygen atoms in total. The van der Waals surface area contributed by atoms with Crippen LogP contribution in [0.4, 0.5) is 17.1 Å². The molecule has 1 aliphatic carbocycles. The molecule has 2 unspecified atom stereocenters. The van der Waals surface area contributed by atoms with E-state index in [1.54, 1.807) is 0 Å². The summed E-state index contributed by atoms with van der Waals surface area (Å²) >= 11 is 0. The van der Waals surface area contributed by atoms with Crippen LogP contribution in [0.1, 0.15) is 52.7 Å². The molecule has 0 saturated carbocycles.